The van der Waals surface area contributed by atoms with Crippen molar-refractivity contribution in [1.82, 2.24) is 0 Å². The summed E-state index contributed by atoms with van der Waals surface area (Å²) < 4.78 is 0. The maximum atomic E-state index is 11.2. The summed E-state index contributed by atoms with van der Waals surface area (Å²) in [6.45, 7) is 5.84. The lowest BCUT2D eigenvalue weighted by atomic mass is 10.1. The van der Waals surface area contributed by atoms with E-state index < -0.39 is 11.0 Å². The molecule has 20 heavy (non-hydrogen) atoms. The topological polar surface area (TPSA) is 90.4 Å². The Balaban J connectivity index is 3.27. The van der Waals surface area contributed by atoms with Crippen LogP contribution in [0.1, 0.15) is 38.9 Å². The van der Waals surface area contributed by atoms with Crippen LogP contribution in [0.15, 0.2) is 18.2 Å². The Hall–Kier alpha value is -2.13. The van der Waals surface area contributed by atoms with Crippen LogP contribution in [-0.4, -0.2) is 22.6 Å². The van der Waals surface area contributed by atoms with Crippen molar-refractivity contribution >= 4 is 11.4 Å². The van der Waals surface area contributed by atoms with Crippen molar-refractivity contribution in [1.29, 1.82) is 5.26 Å². The van der Waals surface area contributed by atoms with Gasteiger partial charge in [0.25, 0.3) is 5.69 Å². The Morgan fingerprint density at radius 1 is 1.45 bits per heavy atom. The van der Waals surface area contributed by atoms with Crippen molar-refractivity contribution < 1.29 is 10.0 Å². The maximum Gasteiger partial charge on any atom is 0.292 e. The van der Waals surface area contributed by atoms with E-state index in [0.29, 0.717) is 24.2 Å². The third kappa shape index (κ3) is 3.68. The molecular formula is C14H19N3O3. The SMILES string of the molecule is CC(C)N(CCC#N)c1ccc([C@@H](C)O)cc1[N+](=O)[O-]. The maximum absolute atomic E-state index is 11.2. The number of aliphatic hydroxyl groups excluding tert-OH is 1. The molecule has 0 bridgehead atoms. The van der Waals surface area contributed by atoms with Crippen molar-refractivity contribution in [2.24, 2.45) is 0 Å². The fourth-order valence-corrected chi connectivity index (χ4v) is 2.02. The normalized spacial score (nSPS) is 12.0. The lowest BCUT2D eigenvalue weighted by Crippen LogP contribution is -2.32. The van der Waals surface area contributed by atoms with Crippen LogP contribution in [0, 0.1) is 21.4 Å². The summed E-state index contributed by atoms with van der Waals surface area (Å²) in [5.41, 5.74) is 0.934. The molecule has 6 nitrogen and oxygen atoms in total. The van der Waals surface area contributed by atoms with E-state index in [0.717, 1.165) is 0 Å². The minimum atomic E-state index is -0.755. The Morgan fingerprint density at radius 2 is 2.10 bits per heavy atom. The highest BCUT2D eigenvalue weighted by Gasteiger charge is 2.22. The van der Waals surface area contributed by atoms with E-state index in [-0.39, 0.29) is 11.7 Å². The number of nitriles is 1. The van der Waals surface area contributed by atoms with E-state index in [1.165, 1.54) is 6.07 Å². The molecule has 0 heterocycles. The first-order chi connectivity index (χ1) is 9.38. The molecule has 1 aromatic carbocycles. The summed E-state index contributed by atoms with van der Waals surface area (Å²) in [6, 6.07) is 6.79. The largest absolute Gasteiger partial charge is 0.389 e. The molecule has 0 fully saturated rings. The van der Waals surface area contributed by atoms with E-state index in [1.54, 1.807) is 19.1 Å². The van der Waals surface area contributed by atoms with E-state index in [9.17, 15) is 15.2 Å². The Kier molecular flexibility index (Phi) is 5.47. The van der Waals surface area contributed by atoms with Gasteiger partial charge in [-0.15, -0.1) is 0 Å². The van der Waals surface area contributed by atoms with Crippen molar-refractivity contribution in [3.63, 3.8) is 0 Å². The Labute approximate surface area is 118 Å². The van der Waals surface area contributed by atoms with E-state index in [2.05, 4.69) is 0 Å². The van der Waals surface area contributed by atoms with Gasteiger partial charge in [-0.1, -0.05) is 6.07 Å². The molecule has 0 spiro atoms. The first-order valence-electron chi connectivity index (χ1n) is 6.48. The first-order valence-corrected chi connectivity index (χ1v) is 6.48. The van der Waals surface area contributed by atoms with Gasteiger partial charge < -0.3 is 10.0 Å². The summed E-state index contributed by atoms with van der Waals surface area (Å²) in [7, 11) is 0. The number of benzene rings is 1. The number of hydrogen-bond acceptors (Lipinski definition) is 5. The predicted octanol–water partition coefficient (Wildman–Crippen LogP) is 2.78. The predicted molar refractivity (Wildman–Crippen MR) is 76.4 cm³/mol. The van der Waals surface area contributed by atoms with E-state index in [1.807, 2.05) is 24.8 Å². The summed E-state index contributed by atoms with van der Waals surface area (Å²) in [6.07, 6.45) is -0.456. The van der Waals surface area contributed by atoms with E-state index in [4.69, 9.17) is 5.26 Å². The van der Waals surface area contributed by atoms with Gasteiger partial charge in [-0.3, -0.25) is 10.1 Å². The van der Waals surface area contributed by atoms with Gasteiger partial charge in [-0.25, -0.2) is 0 Å². The van der Waals surface area contributed by atoms with Crippen LogP contribution in [-0.2, 0) is 0 Å². The average Bonchev–Trinajstić information content (AvgIpc) is 2.38. The summed E-state index contributed by atoms with van der Waals surface area (Å²) in [5, 5.41) is 29.5. The molecule has 1 rings (SSSR count). The molecule has 1 aromatic rings. The Morgan fingerprint density at radius 3 is 2.55 bits per heavy atom. The number of hydrogen-bond donors (Lipinski definition) is 1. The molecule has 0 amide bonds. The van der Waals surface area contributed by atoms with Crippen LogP contribution < -0.4 is 4.90 Å². The third-order valence-electron chi connectivity index (χ3n) is 3.08. The molecule has 1 atom stereocenters. The smallest absolute Gasteiger partial charge is 0.292 e. The molecule has 0 unspecified atom stereocenters. The van der Waals surface area contributed by atoms with Crippen LogP contribution in [0.2, 0.25) is 0 Å². The summed E-state index contributed by atoms with van der Waals surface area (Å²) >= 11 is 0. The molecular weight excluding hydrogens is 258 g/mol. The second kappa shape index (κ2) is 6.87. The summed E-state index contributed by atoms with van der Waals surface area (Å²) in [5.74, 6) is 0. The minimum absolute atomic E-state index is 0.0412. The van der Waals surface area contributed by atoms with Gasteiger partial charge in [0.2, 0.25) is 0 Å². The molecule has 108 valence electrons. The van der Waals surface area contributed by atoms with Gasteiger partial charge in [0.1, 0.15) is 5.69 Å². The number of nitro groups is 1. The molecule has 0 aliphatic heterocycles. The highest BCUT2D eigenvalue weighted by atomic mass is 16.6. The van der Waals surface area contributed by atoms with Gasteiger partial charge in [0.05, 0.1) is 23.5 Å². The Bertz CT molecular complexity index is 521. The monoisotopic (exact) mass is 277 g/mol. The average molecular weight is 277 g/mol. The second-order valence-corrected chi connectivity index (χ2v) is 4.88. The molecule has 0 saturated heterocycles. The highest BCUT2D eigenvalue weighted by Crippen LogP contribution is 2.32. The lowest BCUT2D eigenvalue weighted by Gasteiger charge is -2.28. The highest BCUT2D eigenvalue weighted by molar-refractivity contribution is 5.65. The van der Waals surface area contributed by atoms with Crippen molar-refractivity contribution in [2.45, 2.75) is 39.3 Å². The third-order valence-corrected chi connectivity index (χ3v) is 3.08. The zero-order chi connectivity index (χ0) is 15.3. The molecule has 1 N–H and O–H groups in total. The second-order valence-electron chi connectivity index (χ2n) is 4.88. The minimum Gasteiger partial charge on any atom is -0.389 e. The van der Waals surface area contributed by atoms with Crippen molar-refractivity contribution in [2.75, 3.05) is 11.4 Å². The quantitative estimate of drug-likeness (QED) is 0.637. The van der Waals surface area contributed by atoms with Gasteiger partial charge in [0.15, 0.2) is 0 Å². The number of nitrogens with zero attached hydrogens (tertiary/aromatic N) is 3. The van der Waals surface area contributed by atoms with Gasteiger partial charge >= 0.3 is 0 Å². The van der Waals surface area contributed by atoms with Crippen molar-refractivity contribution in [3.05, 3.63) is 33.9 Å². The standard InChI is InChI=1S/C14H19N3O3/c1-10(2)16(8-4-7-15)13-6-5-12(11(3)18)9-14(13)17(19)20/h5-6,9-11,18H,4,8H2,1-3H3/t11-/m1/s1. The molecule has 0 radical (unpaired) electrons. The molecule has 6 heteroatoms. The number of anilines is 1. The summed E-state index contributed by atoms with van der Waals surface area (Å²) in [4.78, 5) is 12.6. The van der Waals surface area contributed by atoms with Gasteiger partial charge in [-0.05, 0) is 32.4 Å². The van der Waals surface area contributed by atoms with Crippen LogP contribution in [0.4, 0.5) is 11.4 Å². The lowest BCUT2D eigenvalue weighted by molar-refractivity contribution is -0.384. The fraction of sp³-hybridized carbons (Fsp3) is 0.500. The molecule has 0 saturated carbocycles. The van der Waals surface area contributed by atoms with Crippen LogP contribution in [0.5, 0.6) is 0 Å². The number of rotatable bonds is 6. The van der Waals surface area contributed by atoms with Gasteiger partial charge in [0, 0.05) is 18.7 Å². The zero-order valence-corrected chi connectivity index (χ0v) is 11.9. The van der Waals surface area contributed by atoms with Crippen LogP contribution >= 0.6 is 0 Å². The van der Waals surface area contributed by atoms with Crippen LogP contribution in [0.3, 0.4) is 0 Å². The van der Waals surface area contributed by atoms with Crippen LogP contribution in [0.25, 0.3) is 0 Å². The number of nitro benzene ring substituents is 1. The van der Waals surface area contributed by atoms with E-state index >= 15 is 0 Å². The fourth-order valence-electron chi connectivity index (χ4n) is 2.02. The molecule has 0 aliphatic rings. The van der Waals surface area contributed by atoms with Crippen molar-refractivity contribution in [3.8, 4) is 6.07 Å². The first kappa shape index (κ1) is 15.9. The molecule has 0 aliphatic carbocycles. The number of aliphatic hydroxyl groups is 1. The molecule has 0 aromatic heterocycles. The zero-order valence-electron chi connectivity index (χ0n) is 11.9. The van der Waals surface area contributed by atoms with Gasteiger partial charge in [-0.2, -0.15) is 5.26 Å².